The molecular weight excluding hydrogens is 368 g/mol. The number of nitrogens with zero attached hydrogens (tertiary/aromatic N) is 2. The maximum absolute atomic E-state index is 13.5. The highest BCUT2D eigenvalue weighted by Crippen LogP contribution is 2.36. The standard InChI is InChI=1S/C19H20N2O3S2/c1-11(22)10-25-19-20-17-16(12-6-5-9-15(12)26-17)18(23)21(19)13-7-3-4-8-14(13)24-2/h3-4,7-8,11,22H,5-6,9-10H2,1-2H3/t11-/m1/s1. The van der Waals surface area contributed by atoms with Crippen molar-refractivity contribution in [3.05, 3.63) is 45.1 Å². The molecule has 1 aliphatic carbocycles. The predicted molar refractivity (Wildman–Crippen MR) is 106 cm³/mol. The zero-order valence-corrected chi connectivity index (χ0v) is 16.3. The van der Waals surface area contributed by atoms with E-state index in [0.717, 1.165) is 29.5 Å². The molecule has 2 aromatic heterocycles. The first-order valence-electron chi connectivity index (χ1n) is 8.61. The molecule has 1 aliphatic rings. The Bertz CT molecular complexity index is 1020. The molecule has 0 fully saturated rings. The number of fused-ring (bicyclic) bond motifs is 3. The highest BCUT2D eigenvalue weighted by atomic mass is 32.2. The SMILES string of the molecule is COc1ccccc1-n1c(SC[C@@H](C)O)nc2sc3c(c2c1=O)CCC3. The van der Waals surface area contributed by atoms with Crippen LogP contribution in [-0.4, -0.2) is 33.6 Å². The molecule has 0 spiro atoms. The number of thiophene rings is 1. The third-order valence-electron chi connectivity index (χ3n) is 4.49. The van der Waals surface area contributed by atoms with E-state index in [-0.39, 0.29) is 5.56 Å². The molecular formula is C19H20N2O3S2. The highest BCUT2D eigenvalue weighted by Gasteiger charge is 2.24. The maximum Gasteiger partial charge on any atom is 0.267 e. The lowest BCUT2D eigenvalue weighted by molar-refractivity contribution is 0.220. The van der Waals surface area contributed by atoms with Crippen molar-refractivity contribution < 1.29 is 9.84 Å². The Hall–Kier alpha value is -1.83. The minimum absolute atomic E-state index is 0.0491. The van der Waals surface area contributed by atoms with Crippen molar-refractivity contribution in [2.75, 3.05) is 12.9 Å². The predicted octanol–water partition coefficient (Wildman–Crippen LogP) is 3.42. The van der Waals surface area contributed by atoms with Gasteiger partial charge in [-0.3, -0.25) is 9.36 Å². The molecule has 26 heavy (non-hydrogen) atoms. The maximum atomic E-state index is 13.5. The lowest BCUT2D eigenvalue weighted by atomic mass is 10.2. The summed E-state index contributed by atoms with van der Waals surface area (Å²) in [4.78, 5) is 20.4. The first-order chi connectivity index (χ1) is 12.6. The average molecular weight is 389 g/mol. The largest absolute Gasteiger partial charge is 0.495 e. The molecule has 0 saturated carbocycles. The topological polar surface area (TPSA) is 64.3 Å². The van der Waals surface area contributed by atoms with Crippen molar-refractivity contribution >= 4 is 33.3 Å². The van der Waals surface area contributed by atoms with Crippen LogP contribution in [0.5, 0.6) is 5.75 Å². The van der Waals surface area contributed by atoms with E-state index in [0.29, 0.717) is 22.3 Å². The number of aliphatic hydroxyl groups excluding tert-OH is 1. The molecule has 3 aromatic rings. The Labute approximate surface area is 159 Å². The van der Waals surface area contributed by atoms with Crippen LogP contribution in [0.3, 0.4) is 0 Å². The first kappa shape index (κ1) is 17.6. The van der Waals surface area contributed by atoms with Crippen LogP contribution in [0.25, 0.3) is 15.9 Å². The van der Waals surface area contributed by atoms with E-state index in [1.54, 1.807) is 29.9 Å². The van der Waals surface area contributed by atoms with Gasteiger partial charge in [0.15, 0.2) is 5.16 Å². The molecule has 1 aromatic carbocycles. The summed E-state index contributed by atoms with van der Waals surface area (Å²) in [5, 5.41) is 11.0. The molecule has 1 atom stereocenters. The fourth-order valence-corrected chi connectivity index (χ4v) is 5.51. The molecule has 0 unspecified atom stereocenters. The van der Waals surface area contributed by atoms with Gasteiger partial charge in [0.25, 0.3) is 5.56 Å². The van der Waals surface area contributed by atoms with Crippen LogP contribution in [-0.2, 0) is 12.8 Å². The Morgan fingerprint density at radius 1 is 1.38 bits per heavy atom. The van der Waals surface area contributed by atoms with Gasteiger partial charge < -0.3 is 9.84 Å². The summed E-state index contributed by atoms with van der Waals surface area (Å²) >= 11 is 3.02. The fourth-order valence-electron chi connectivity index (χ4n) is 3.34. The molecule has 4 rings (SSSR count). The van der Waals surface area contributed by atoms with Crippen LogP contribution >= 0.6 is 23.1 Å². The average Bonchev–Trinajstić information content (AvgIpc) is 3.20. The minimum Gasteiger partial charge on any atom is -0.495 e. The Morgan fingerprint density at radius 2 is 2.19 bits per heavy atom. The quantitative estimate of drug-likeness (QED) is 0.536. The number of methoxy groups -OCH3 is 1. The Balaban J connectivity index is 2.00. The number of hydrogen-bond donors (Lipinski definition) is 1. The van der Waals surface area contributed by atoms with Crippen molar-refractivity contribution in [3.8, 4) is 11.4 Å². The molecule has 0 saturated heterocycles. The number of aryl methyl sites for hydroxylation is 2. The zero-order chi connectivity index (χ0) is 18.3. The van der Waals surface area contributed by atoms with Crippen molar-refractivity contribution in [1.29, 1.82) is 0 Å². The van der Waals surface area contributed by atoms with Crippen LogP contribution in [0.4, 0.5) is 0 Å². The number of aliphatic hydroxyl groups is 1. The van der Waals surface area contributed by atoms with Crippen molar-refractivity contribution in [3.63, 3.8) is 0 Å². The third kappa shape index (κ3) is 2.94. The number of aromatic nitrogens is 2. The lowest BCUT2D eigenvalue weighted by Gasteiger charge is -2.15. The second-order valence-corrected chi connectivity index (χ2v) is 8.48. The number of benzene rings is 1. The molecule has 0 aliphatic heterocycles. The van der Waals surface area contributed by atoms with Crippen LogP contribution in [0.15, 0.2) is 34.2 Å². The summed E-state index contributed by atoms with van der Waals surface area (Å²) in [5.74, 6) is 1.10. The normalized spacial score (nSPS) is 14.6. The molecule has 1 N–H and O–H groups in total. The highest BCUT2D eigenvalue weighted by molar-refractivity contribution is 7.99. The lowest BCUT2D eigenvalue weighted by Crippen LogP contribution is -2.23. The second kappa shape index (κ2) is 7.06. The van der Waals surface area contributed by atoms with Crippen LogP contribution in [0, 0.1) is 0 Å². The van der Waals surface area contributed by atoms with Gasteiger partial charge in [-0.2, -0.15) is 0 Å². The van der Waals surface area contributed by atoms with Gasteiger partial charge in [0, 0.05) is 10.6 Å². The van der Waals surface area contributed by atoms with Gasteiger partial charge in [-0.05, 0) is 43.9 Å². The van der Waals surface area contributed by atoms with E-state index in [4.69, 9.17) is 9.72 Å². The minimum atomic E-state index is -0.480. The van der Waals surface area contributed by atoms with Gasteiger partial charge >= 0.3 is 0 Å². The fraction of sp³-hybridized carbons (Fsp3) is 0.368. The molecule has 2 heterocycles. The van der Waals surface area contributed by atoms with E-state index >= 15 is 0 Å². The van der Waals surface area contributed by atoms with Gasteiger partial charge in [-0.25, -0.2) is 4.98 Å². The molecule has 7 heteroatoms. The smallest absolute Gasteiger partial charge is 0.267 e. The van der Waals surface area contributed by atoms with Gasteiger partial charge in [-0.15, -0.1) is 11.3 Å². The summed E-state index contributed by atoms with van der Waals surface area (Å²) in [6, 6.07) is 7.47. The van der Waals surface area contributed by atoms with Crippen LogP contribution in [0.1, 0.15) is 23.8 Å². The van der Waals surface area contributed by atoms with E-state index < -0.39 is 6.10 Å². The molecule has 0 amide bonds. The summed E-state index contributed by atoms with van der Waals surface area (Å²) in [6.45, 7) is 1.73. The summed E-state index contributed by atoms with van der Waals surface area (Å²) in [7, 11) is 1.60. The summed E-state index contributed by atoms with van der Waals surface area (Å²) in [5.41, 5.74) is 1.80. The zero-order valence-electron chi connectivity index (χ0n) is 14.7. The Kier molecular flexibility index (Phi) is 4.77. The first-order valence-corrected chi connectivity index (χ1v) is 10.4. The van der Waals surface area contributed by atoms with E-state index in [2.05, 4.69) is 0 Å². The van der Waals surface area contributed by atoms with E-state index in [1.807, 2.05) is 24.3 Å². The number of hydrogen-bond acceptors (Lipinski definition) is 6. The van der Waals surface area contributed by atoms with Gasteiger partial charge in [0.05, 0.1) is 24.3 Å². The monoisotopic (exact) mass is 388 g/mol. The number of ether oxygens (including phenoxy) is 1. The van der Waals surface area contributed by atoms with Crippen LogP contribution < -0.4 is 10.3 Å². The Morgan fingerprint density at radius 3 is 2.96 bits per heavy atom. The third-order valence-corrected chi connectivity index (χ3v) is 6.85. The number of para-hydroxylation sites is 2. The molecule has 0 bridgehead atoms. The van der Waals surface area contributed by atoms with E-state index in [9.17, 15) is 9.90 Å². The summed E-state index contributed by atoms with van der Waals surface area (Å²) in [6.07, 6.45) is 2.59. The molecule has 0 radical (unpaired) electrons. The van der Waals surface area contributed by atoms with Gasteiger partial charge in [0.2, 0.25) is 0 Å². The van der Waals surface area contributed by atoms with Crippen molar-refractivity contribution in [1.82, 2.24) is 9.55 Å². The van der Waals surface area contributed by atoms with E-state index in [1.165, 1.54) is 22.2 Å². The molecule has 5 nitrogen and oxygen atoms in total. The van der Waals surface area contributed by atoms with Crippen molar-refractivity contribution in [2.45, 2.75) is 37.4 Å². The summed E-state index contributed by atoms with van der Waals surface area (Å²) < 4.78 is 7.12. The second-order valence-electron chi connectivity index (χ2n) is 6.40. The number of thioether (sulfide) groups is 1. The van der Waals surface area contributed by atoms with Crippen molar-refractivity contribution in [2.24, 2.45) is 0 Å². The number of rotatable bonds is 5. The van der Waals surface area contributed by atoms with Gasteiger partial charge in [0.1, 0.15) is 10.6 Å². The van der Waals surface area contributed by atoms with Gasteiger partial charge in [-0.1, -0.05) is 23.9 Å². The van der Waals surface area contributed by atoms with Crippen LogP contribution in [0.2, 0.25) is 0 Å². The molecule has 136 valence electrons.